The number of halogens is 2. The molecule has 1 aliphatic rings. The minimum Gasteiger partial charge on any atom is -0.303 e. The third-order valence-corrected chi connectivity index (χ3v) is 5.00. The average molecular weight is 289 g/mol. The molecule has 0 saturated carbocycles. The summed E-state index contributed by atoms with van der Waals surface area (Å²) in [6, 6.07) is 2.30. The minimum absolute atomic E-state index is 0.0157. The number of piperidine rings is 1. The predicted molar refractivity (Wildman–Crippen MR) is 63.9 cm³/mol. The molecule has 0 bridgehead atoms. The van der Waals surface area contributed by atoms with Crippen molar-refractivity contribution >= 4 is 16.3 Å². The number of aldehydes is 1. The van der Waals surface area contributed by atoms with E-state index in [1.165, 1.54) is 0 Å². The number of rotatable bonds is 3. The summed E-state index contributed by atoms with van der Waals surface area (Å²) in [4.78, 5) is 10.1. The molecule has 0 amide bonds. The summed E-state index contributed by atoms with van der Waals surface area (Å²) in [5.41, 5.74) is 0. The number of sulfonamides is 1. The number of nitrogens with zero attached hydrogens (tertiary/aromatic N) is 1. The summed E-state index contributed by atoms with van der Waals surface area (Å²) in [6.45, 7) is 0.227. The molecule has 1 heterocycles. The molecule has 1 aliphatic heterocycles. The van der Waals surface area contributed by atoms with Crippen LogP contribution in [-0.2, 0) is 14.8 Å². The van der Waals surface area contributed by atoms with Crippen molar-refractivity contribution in [1.82, 2.24) is 4.31 Å². The molecule has 0 aromatic heterocycles. The second kappa shape index (κ2) is 5.34. The van der Waals surface area contributed by atoms with Gasteiger partial charge >= 0.3 is 0 Å². The number of benzene rings is 1. The van der Waals surface area contributed by atoms with Crippen LogP contribution >= 0.6 is 0 Å². The standard InChI is InChI=1S/C12H13F2NO3S/c13-10-3-4-11(14)12(6-10)19(17,18)15-5-1-2-9(7-15)8-16/h3-4,6,8-9H,1-2,5,7H2. The van der Waals surface area contributed by atoms with Gasteiger partial charge in [0.1, 0.15) is 22.8 Å². The van der Waals surface area contributed by atoms with Gasteiger partial charge in [-0.05, 0) is 31.0 Å². The maximum atomic E-state index is 13.6. The summed E-state index contributed by atoms with van der Waals surface area (Å²) < 4.78 is 52.1. The van der Waals surface area contributed by atoms with E-state index in [4.69, 9.17) is 0 Å². The smallest absolute Gasteiger partial charge is 0.246 e. The maximum absolute atomic E-state index is 13.6. The Bertz CT molecular complexity index is 589. The van der Waals surface area contributed by atoms with E-state index in [-0.39, 0.29) is 19.0 Å². The average Bonchev–Trinajstić information content (AvgIpc) is 2.41. The van der Waals surface area contributed by atoms with E-state index < -0.39 is 26.6 Å². The van der Waals surface area contributed by atoms with Crippen LogP contribution in [0.5, 0.6) is 0 Å². The van der Waals surface area contributed by atoms with Gasteiger partial charge in [0.2, 0.25) is 10.0 Å². The van der Waals surface area contributed by atoms with Gasteiger partial charge in [0.05, 0.1) is 0 Å². The van der Waals surface area contributed by atoms with Gasteiger partial charge in [-0.25, -0.2) is 17.2 Å². The van der Waals surface area contributed by atoms with Crippen molar-refractivity contribution in [2.24, 2.45) is 5.92 Å². The summed E-state index contributed by atoms with van der Waals surface area (Å²) in [6.07, 6.45) is 1.84. The van der Waals surface area contributed by atoms with Crippen LogP contribution in [0.25, 0.3) is 0 Å². The van der Waals surface area contributed by atoms with Crippen molar-refractivity contribution in [3.63, 3.8) is 0 Å². The second-order valence-electron chi connectivity index (χ2n) is 4.48. The molecule has 1 aromatic carbocycles. The summed E-state index contributed by atoms with van der Waals surface area (Å²) in [7, 11) is -4.10. The van der Waals surface area contributed by atoms with E-state index in [0.717, 1.165) is 16.4 Å². The van der Waals surface area contributed by atoms with Crippen LogP contribution in [0.3, 0.4) is 0 Å². The summed E-state index contributed by atoms with van der Waals surface area (Å²) in [5.74, 6) is -2.20. The van der Waals surface area contributed by atoms with Gasteiger partial charge in [0.25, 0.3) is 0 Å². The van der Waals surface area contributed by atoms with Crippen molar-refractivity contribution in [2.75, 3.05) is 13.1 Å². The predicted octanol–water partition coefficient (Wildman–Crippen LogP) is 1.56. The van der Waals surface area contributed by atoms with Gasteiger partial charge in [-0.2, -0.15) is 4.31 Å². The Balaban J connectivity index is 2.36. The van der Waals surface area contributed by atoms with Crippen molar-refractivity contribution < 1.29 is 22.0 Å². The van der Waals surface area contributed by atoms with Crippen molar-refractivity contribution in [2.45, 2.75) is 17.7 Å². The van der Waals surface area contributed by atoms with Crippen LogP contribution in [0.15, 0.2) is 23.1 Å². The van der Waals surface area contributed by atoms with Crippen LogP contribution in [0, 0.1) is 17.6 Å². The SMILES string of the molecule is O=CC1CCCN(S(=O)(=O)c2cc(F)ccc2F)C1. The zero-order valence-corrected chi connectivity index (χ0v) is 10.9. The van der Waals surface area contributed by atoms with Gasteiger partial charge in [-0.3, -0.25) is 0 Å². The molecule has 1 unspecified atom stereocenters. The highest BCUT2D eigenvalue weighted by Crippen LogP contribution is 2.25. The zero-order chi connectivity index (χ0) is 14.0. The monoisotopic (exact) mass is 289 g/mol. The highest BCUT2D eigenvalue weighted by molar-refractivity contribution is 7.89. The van der Waals surface area contributed by atoms with Crippen molar-refractivity contribution in [3.05, 3.63) is 29.8 Å². The molecule has 1 saturated heterocycles. The van der Waals surface area contributed by atoms with E-state index in [2.05, 4.69) is 0 Å². The first kappa shape index (κ1) is 14.1. The second-order valence-corrected chi connectivity index (χ2v) is 6.38. The molecular formula is C12H13F2NO3S. The lowest BCUT2D eigenvalue weighted by molar-refractivity contribution is -0.112. The zero-order valence-electron chi connectivity index (χ0n) is 10.1. The molecule has 0 aliphatic carbocycles. The topological polar surface area (TPSA) is 54.5 Å². The number of carbonyl (C=O) groups excluding carboxylic acids is 1. The lowest BCUT2D eigenvalue weighted by Gasteiger charge is -2.29. The van der Waals surface area contributed by atoms with Crippen molar-refractivity contribution in [1.29, 1.82) is 0 Å². The molecule has 0 spiro atoms. The Morgan fingerprint density at radius 2 is 2.05 bits per heavy atom. The third kappa shape index (κ3) is 2.82. The lowest BCUT2D eigenvalue weighted by atomic mass is 10.0. The van der Waals surface area contributed by atoms with E-state index in [9.17, 15) is 22.0 Å². The maximum Gasteiger partial charge on any atom is 0.246 e. The van der Waals surface area contributed by atoms with Gasteiger partial charge in [-0.15, -0.1) is 0 Å². The highest BCUT2D eigenvalue weighted by atomic mass is 32.2. The van der Waals surface area contributed by atoms with Crippen LogP contribution in [0.2, 0.25) is 0 Å². The van der Waals surface area contributed by atoms with E-state index in [1.807, 2.05) is 0 Å². The number of carbonyl (C=O) groups is 1. The number of hydrogen-bond acceptors (Lipinski definition) is 3. The van der Waals surface area contributed by atoms with Crippen LogP contribution < -0.4 is 0 Å². The normalized spacial score (nSPS) is 21.3. The van der Waals surface area contributed by atoms with Crippen molar-refractivity contribution in [3.8, 4) is 0 Å². The molecular weight excluding hydrogens is 276 g/mol. The molecule has 0 radical (unpaired) electrons. The minimum atomic E-state index is -4.10. The number of hydrogen-bond donors (Lipinski definition) is 0. The molecule has 1 aromatic rings. The molecule has 104 valence electrons. The Hall–Kier alpha value is -1.34. The van der Waals surface area contributed by atoms with Crippen LogP contribution in [0.4, 0.5) is 8.78 Å². The molecule has 4 nitrogen and oxygen atoms in total. The van der Waals surface area contributed by atoms with Crippen LogP contribution in [-0.4, -0.2) is 32.1 Å². The summed E-state index contributed by atoms with van der Waals surface area (Å²) >= 11 is 0. The molecule has 0 N–H and O–H groups in total. The molecule has 1 atom stereocenters. The molecule has 2 rings (SSSR count). The Labute approximate surface area is 110 Å². The highest BCUT2D eigenvalue weighted by Gasteiger charge is 2.32. The molecule has 19 heavy (non-hydrogen) atoms. The fourth-order valence-electron chi connectivity index (χ4n) is 2.12. The van der Waals surface area contributed by atoms with E-state index in [1.54, 1.807) is 0 Å². The van der Waals surface area contributed by atoms with Gasteiger partial charge in [-0.1, -0.05) is 0 Å². The largest absolute Gasteiger partial charge is 0.303 e. The Morgan fingerprint density at radius 3 is 2.74 bits per heavy atom. The van der Waals surface area contributed by atoms with Gasteiger partial charge in [0, 0.05) is 19.0 Å². The fourth-order valence-corrected chi connectivity index (χ4v) is 3.73. The molecule has 7 heteroatoms. The first-order valence-corrected chi connectivity index (χ1v) is 7.29. The summed E-state index contributed by atoms with van der Waals surface area (Å²) in [5, 5.41) is 0. The van der Waals surface area contributed by atoms with Gasteiger partial charge in [0.15, 0.2) is 0 Å². The van der Waals surface area contributed by atoms with Gasteiger partial charge < -0.3 is 4.79 Å². The quantitative estimate of drug-likeness (QED) is 0.794. The van der Waals surface area contributed by atoms with E-state index >= 15 is 0 Å². The first-order valence-electron chi connectivity index (χ1n) is 5.85. The first-order chi connectivity index (χ1) is 8.95. The van der Waals surface area contributed by atoms with E-state index in [0.29, 0.717) is 25.2 Å². The van der Waals surface area contributed by atoms with Crippen LogP contribution in [0.1, 0.15) is 12.8 Å². The molecule has 1 fully saturated rings. The Kier molecular flexibility index (Phi) is 3.96. The third-order valence-electron chi connectivity index (χ3n) is 3.12. The Morgan fingerprint density at radius 1 is 1.32 bits per heavy atom. The lowest BCUT2D eigenvalue weighted by Crippen LogP contribution is -2.40. The fraction of sp³-hybridized carbons (Fsp3) is 0.417.